The predicted molar refractivity (Wildman–Crippen MR) is 77.3 cm³/mol. The van der Waals surface area contributed by atoms with Crippen molar-refractivity contribution >= 4 is 10.8 Å². The van der Waals surface area contributed by atoms with Crippen LogP contribution in [0.1, 0.15) is 17.2 Å². The fraction of sp³-hybridized carbons (Fsp3) is 0.0625. The molecule has 1 atom stereocenters. The molecule has 5 heteroatoms. The summed E-state index contributed by atoms with van der Waals surface area (Å²) in [4.78, 5) is 3.83. The van der Waals surface area contributed by atoms with Crippen LogP contribution in [0.15, 0.2) is 54.9 Å². The topological polar surface area (TPSA) is 50.9 Å². The Morgan fingerprint density at radius 2 is 1.76 bits per heavy atom. The number of halogens is 2. The number of hydrazine groups is 1. The van der Waals surface area contributed by atoms with Gasteiger partial charge in [-0.05, 0) is 28.6 Å². The Labute approximate surface area is 120 Å². The number of hydrogen-bond acceptors (Lipinski definition) is 3. The fourth-order valence-corrected chi connectivity index (χ4v) is 2.49. The van der Waals surface area contributed by atoms with Crippen LogP contribution in [0.2, 0.25) is 0 Å². The standard InChI is InChI=1S/C16H13F2N3/c17-11-7-10(8-20-9-11)16(21-19)14-5-6-15(18)13-4-2-1-3-12(13)14/h1-9,16,21H,19H2. The Bertz CT molecular complexity index is 789. The maximum atomic E-state index is 13.9. The number of hydrogen-bond donors (Lipinski definition) is 2. The summed E-state index contributed by atoms with van der Waals surface area (Å²) >= 11 is 0. The van der Waals surface area contributed by atoms with Crippen molar-refractivity contribution in [1.82, 2.24) is 10.4 Å². The molecule has 0 saturated carbocycles. The highest BCUT2D eigenvalue weighted by Crippen LogP contribution is 2.29. The number of pyridine rings is 1. The summed E-state index contributed by atoms with van der Waals surface area (Å²) in [7, 11) is 0. The molecule has 1 heterocycles. The van der Waals surface area contributed by atoms with Crippen molar-refractivity contribution in [2.24, 2.45) is 5.84 Å². The average molecular weight is 285 g/mol. The highest BCUT2D eigenvalue weighted by Gasteiger charge is 2.17. The quantitative estimate of drug-likeness (QED) is 0.574. The Kier molecular flexibility index (Phi) is 3.60. The largest absolute Gasteiger partial charge is 0.271 e. The number of nitrogens with zero attached hydrogens (tertiary/aromatic N) is 1. The molecule has 3 N–H and O–H groups in total. The molecular formula is C16H13F2N3. The predicted octanol–water partition coefficient (Wildman–Crippen LogP) is 3.07. The molecule has 0 bridgehead atoms. The first-order valence-electron chi connectivity index (χ1n) is 6.44. The molecule has 0 saturated heterocycles. The van der Waals surface area contributed by atoms with E-state index in [9.17, 15) is 8.78 Å². The molecule has 3 aromatic rings. The Morgan fingerprint density at radius 1 is 1.00 bits per heavy atom. The van der Waals surface area contributed by atoms with E-state index in [0.29, 0.717) is 10.9 Å². The lowest BCUT2D eigenvalue weighted by Gasteiger charge is -2.19. The molecule has 1 unspecified atom stereocenters. The molecule has 0 amide bonds. The van der Waals surface area contributed by atoms with E-state index in [1.807, 2.05) is 12.1 Å². The number of benzene rings is 2. The van der Waals surface area contributed by atoms with Crippen LogP contribution < -0.4 is 11.3 Å². The first-order chi connectivity index (χ1) is 10.2. The molecule has 21 heavy (non-hydrogen) atoms. The van der Waals surface area contributed by atoms with E-state index in [1.165, 1.54) is 18.3 Å². The Morgan fingerprint density at radius 3 is 2.48 bits per heavy atom. The van der Waals surface area contributed by atoms with Crippen LogP contribution >= 0.6 is 0 Å². The van der Waals surface area contributed by atoms with E-state index in [0.717, 1.165) is 17.1 Å². The number of fused-ring (bicyclic) bond motifs is 1. The first-order valence-corrected chi connectivity index (χ1v) is 6.44. The van der Waals surface area contributed by atoms with Crippen molar-refractivity contribution < 1.29 is 8.78 Å². The van der Waals surface area contributed by atoms with Gasteiger partial charge in [0.2, 0.25) is 0 Å². The molecule has 106 valence electrons. The highest BCUT2D eigenvalue weighted by molar-refractivity contribution is 5.87. The minimum absolute atomic E-state index is 0.303. The minimum atomic E-state index is -0.473. The zero-order valence-electron chi connectivity index (χ0n) is 11.1. The summed E-state index contributed by atoms with van der Waals surface area (Å²) in [5.74, 6) is 4.87. The van der Waals surface area contributed by atoms with Gasteiger partial charge in [0.05, 0.1) is 12.2 Å². The van der Waals surface area contributed by atoms with Gasteiger partial charge in [-0.2, -0.15) is 0 Å². The van der Waals surface area contributed by atoms with Crippen LogP contribution in [-0.2, 0) is 0 Å². The summed E-state index contributed by atoms with van der Waals surface area (Å²) < 4.78 is 27.2. The van der Waals surface area contributed by atoms with Crippen molar-refractivity contribution in [3.63, 3.8) is 0 Å². The van der Waals surface area contributed by atoms with Crippen LogP contribution in [0, 0.1) is 11.6 Å². The zero-order chi connectivity index (χ0) is 14.8. The monoisotopic (exact) mass is 285 g/mol. The van der Waals surface area contributed by atoms with E-state index in [4.69, 9.17) is 5.84 Å². The third kappa shape index (κ3) is 2.49. The van der Waals surface area contributed by atoms with Gasteiger partial charge in [-0.25, -0.2) is 14.2 Å². The summed E-state index contributed by atoms with van der Waals surface area (Å²) in [6, 6.07) is 11.0. The molecular weight excluding hydrogens is 272 g/mol. The summed E-state index contributed by atoms with van der Waals surface area (Å²) in [5, 5.41) is 1.23. The maximum Gasteiger partial charge on any atom is 0.141 e. The lowest BCUT2D eigenvalue weighted by molar-refractivity contribution is 0.598. The second kappa shape index (κ2) is 5.55. The molecule has 0 radical (unpaired) electrons. The molecule has 3 nitrogen and oxygen atoms in total. The van der Waals surface area contributed by atoms with Crippen LogP contribution in [0.4, 0.5) is 8.78 Å². The summed E-state index contributed by atoms with van der Waals surface area (Å²) in [5.41, 5.74) is 3.99. The molecule has 0 spiro atoms. The number of rotatable bonds is 3. The van der Waals surface area contributed by atoms with Gasteiger partial charge < -0.3 is 0 Å². The molecule has 0 aliphatic rings. The summed E-state index contributed by atoms with van der Waals surface area (Å²) in [6.07, 6.45) is 2.66. The highest BCUT2D eigenvalue weighted by atomic mass is 19.1. The zero-order valence-corrected chi connectivity index (χ0v) is 11.1. The van der Waals surface area contributed by atoms with Crippen molar-refractivity contribution in [3.05, 3.63) is 77.6 Å². The van der Waals surface area contributed by atoms with Gasteiger partial charge in [-0.15, -0.1) is 0 Å². The maximum absolute atomic E-state index is 13.9. The van der Waals surface area contributed by atoms with Crippen molar-refractivity contribution in [2.45, 2.75) is 6.04 Å². The smallest absolute Gasteiger partial charge is 0.141 e. The average Bonchev–Trinajstić information content (AvgIpc) is 2.51. The van der Waals surface area contributed by atoms with Gasteiger partial charge >= 0.3 is 0 Å². The van der Waals surface area contributed by atoms with Gasteiger partial charge in [0.25, 0.3) is 0 Å². The van der Waals surface area contributed by atoms with E-state index >= 15 is 0 Å². The lowest BCUT2D eigenvalue weighted by Crippen LogP contribution is -2.29. The molecule has 3 rings (SSSR count). The van der Waals surface area contributed by atoms with Crippen molar-refractivity contribution in [3.8, 4) is 0 Å². The minimum Gasteiger partial charge on any atom is -0.271 e. The van der Waals surface area contributed by atoms with Gasteiger partial charge in [0.15, 0.2) is 0 Å². The second-order valence-electron chi connectivity index (χ2n) is 4.72. The number of nitrogens with one attached hydrogen (secondary N) is 1. The molecule has 2 aromatic carbocycles. The van der Waals surface area contributed by atoms with E-state index < -0.39 is 11.9 Å². The second-order valence-corrected chi connectivity index (χ2v) is 4.72. The summed E-state index contributed by atoms with van der Waals surface area (Å²) in [6.45, 7) is 0. The van der Waals surface area contributed by atoms with Crippen molar-refractivity contribution in [2.75, 3.05) is 0 Å². The SMILES string of the molecule is NNC(c1cncc(F)c1)c1ccc(F)c2ccccc12. The third-order valence-electron chi connectivity index (χ3n) is 3.44. The Balaban J connectivity index is 2.20. The van der Waals surface area contributed by atoms with Crippen LogP contribution in [0.3, 0.4) is 0 Å². The van der Waals surface area contributed by atoms with E-state index in [2.05, 4.69) is 10.4 Å². The van der Waals surface area contributed by atoms with E-state index in [1.54, 1.807) is 18.2 Å². The fourth-order valence-electron chi connectivity index (χ4n) is 2.49. The van der Waals surface area contributed by atoms with Crippen molar-refractivity contribution in [1.29, 1.82) is 0 Å². The first kappa shape index (κ1) is 13.6. The van der Waals surface area contributed by atoms with Crippen LogP contribution in [0.5, 0.6) is 0 Å². The molecule has 1 aromatic heterocycles. The van der Waals surface area contributed by atoms with Gasteiger partial charge in [0, 0.05) is 11.6 Å². The van der Waals surface area contributed by atoms with Gasteiger partial charge in [-0.3, -0.25) is 10.8 Å². The lowest BCUT2D eigenvalue weighted by atomic mass is 9.95. The number of nitrogens with two attached hydrogens (primary N) is 1. The van der Waals surface area contributed by atoms with Gasteiger partial charge in [-0.1, -0.05) is 30.3 Å². The molecule has 0 fully saturated rings. The van der Waals surface area contributed by atoms with E-state index in [-0.39, 0.29) is 5.82 Å². The normalized spacial score (nSPS) is 12.5. The molecule has 0 aliphatic heterocycles. The van der Waals surface area contributed by atoms with Gasteiger partial charge in [0.1, 0.15) is 11.6 Å². The Hall–Kier alpha value is -2.37. The van der Waals surface area contributed by atoms with Crippen LogP contribution in [0.25, 0.3) is 10.8 Å². The third-order valence-corrected chi connectivity index (χ3v) is 3.44. The molecule has 0 aliphatic carbocycles. The number of aromatic nitrogens is 1. The van der Waals surface area contributed by atoms with Crippen LogP contribution in [-0.4, -0.2) is 4.98 Å².